The van der Waals surface area contributed by atoms with Crippen LogP contribution in [0.1, 0.15) is 32.1 Å². The molecule has 0 bridgehead atoms. The summed E-state index contributed by atoms with van der Waals surface area (Å²) < 4.78 is 0. The normalized spacial score (nSPS) is 35.1. The summed E-state index contributed by atoms with van der Waals surface area (Å²) >= 11 is 0. The van der Waals surface area contributed by atoms with Gasteiger partial charge in [0.15, 0.2) is 0 Å². The smallest absolute Gasteiger partial charge is 0.243 e. The highest BCUT2D eigenvalue weighted by Crippen LogP contribution is 2.33. The Kier molecular flexibility index (Phi) is 3.22. The van der Waals surface area contributed by atoms with Gasteiger partial charge in [-0.25, -0.2) is 0 Å². The Balaban J connectivity index is 2.24. The summed E-state index contributed by atoms with van der Waals surface area (Å²) in [5.74, 6) is -1.48. The van der Waals surface area contributed by atoms with Gasteiger partial charge in [-0.3, -0.25) is 20.4 Å². The lowest BCUT2D eigenvalue weighted by Crippen LogP contribution is -2.58. The minimum Gasteiger partial charge on any atom is -0.303 e. The van der Waals surface area contributed by atoms with E-state index in [4.69, 9.17) is 0 Å². The third-order valence-electron chi connectivity index (χ3n) is 3.57. The van der Waals surface area contributed by atoms with Crippen LogP contribution in [0.25, 0.3) is 0 Å². The van der Waals surface area contributed by atoms with Crippen molar-refractivity contribution in [2.24, 2.45) is 17.8 Å². The molecular weight excluding hydrogens is 208 g/mol. The molecule has 2 amide bonds. The van der Waals surface area contributed by atoms with Crippen LogP contribution in [0.15, 0.2) is 0 Å². The van der Waals surface area contributed by atoms with Crippen LogP contribution in [0.5, 0.6) is 0 Å². The van der Waals surface area contributed by atoms with E-state index in [0.29, 0.717) is 12.8 Å². The third kappa shape index (κ3) is 1.94. The number of amides is 2. The molecule has 1 saturated heterocycles. The molecule has 0 spiro atoms. The maximum absolute atomic E-state index is 11.7. The van der Waals surface area contributed by atoms with Crippen molar-refractivity contribution in [3.8, 4) is 0 Å². The number of carbonyl (C=O) groups is 3. The van der Waals surface area contributed by atoms with Crippen LogP contribution >= 0.6 is 0 Å². The Morgan fingerprint density at radius 1 is 1.00 bits per heavy atom. The van der Waals surface area contributed by atoms with Crippen LogP contribution in [0, 0.1) is 17.8 Å². The molecule has 2 N–H and O–H groups in total. The zero-order valence-corrected chi connectivity index (χ0v) is 9.07. The minimum absolute atomic E-state index is 0.154. The second-order valence-corrected chi connectivity index (χ2v) is 4.55. The van der Waals surface area contributed by atoms with Gasteiger partial charge in [0.1, 0.15) is 6.29 Å². The van der Waals surface area contributed by atoms with E-state index in [9.17, 15) is 14.4 Å². The molecule has 2 fully saturated rings. The number of hydrazine groups is 1. The zero-order valence-electron chi connectivity index (χ0n) is 9.07. The van der Waals surface area contributed by atoms with E-state index in [0.717, 1.165) is 25.5 Å². The molecule has 0 aromatic rings. The summed E-state index contributed by atoms with van der Waals surface area (Å²) in [6, 6.07) is 0. The van der Waals surface area contributed by atoms with Crippen molar-refractivity contribution < 1.29 is 14.4 Å². The van der Waals surface area contributed by atoms with Gasteiger partial charge < -0.3 is 4.79 Å². The summed E-state index contributed by atoms with van der Waals surface area (Å²) in [5, 5.41) is 0. The molecule has 0 aromatic heterocycles. The minimum atomic E-state index is -0.466. The molecule has 0 radical (unpaired) electrons. The average molecular weight is 224 g/mol. The van der Waals surface area contributed by atoms with E-state index in [1.165, 1.54) is 0 Å². The fraction of sp³-hybridized carbons (Fsp3) is 0.727. The fourth-order valence-corrected chi connectivity index (χ4v) is 2.70. The summed E-state index contributed by atoms with van der Waals surface area (Å²) in [5.41, 5.74) is 4.72. The highest BCUT2D eigenvalue weighted by atomic mass is 16.2. The first kappa shape index (κ1) is 11.1. The van der Waals surface area contributed by atoms with Crippen LogP contribution in [-0.2, 0) is 14.4 Å². The lowest BCUT2D eigenvalue weighted by atomic mass is 9.74. The highest BCUT2D eigenvalue weighted by Gasteiger charge is 2.42. The quantitative estimate of drug-likeness (QED) is 0.623. The Bertz CT molecular complexity index is 316. The van der Waals surface area contributed by atoms with Crippen LogP contribution < -0.4 is 10.9 Å². The summed E-state index contributed by atoms with van der Waals surface area (Å²) in [7, 11) is 0. The molecule has 2 rings (SSSR count). The van der Waals surface area contributed by atoms with Crippen molar-refractivity contribution in [3.05, 3.63) is 0 Å². The first-order valence-corrected chi connectivity index (χ1v) is 5.79. The Morgan fingerprint density at radius 3 is 2.44 bits per heavy atom. The fourth-order valence-electron chi connectivity index (χ4n) is 2.70. The number of nitrogens with one attached hydrogen (secondary N) is 2. The van der Waals surface area contributed by atoms with E-state index in [1.54, 1.807) is 0 Å². The number of hydrogen-bond donors (Lipinski definition) is 2. The van der Waals surface area contributed by atoms with Crippen molar-refractivity contribution in [1.29, 1.82) is 0 Å². The molecule has 1 aliphatic heterocycles. The lowest BCUT2D eigenvalue weighted by molar-refractivity contribution is -0.147. The topological polar surface area (TPSA) is 75.3 Å². The van der Waals surface area contributed by atoms with Crippen LogP contribution in [0.4, 0.5) is 0 Å². The number of carbonyl (C=O) groups excluding carboxylic acids is 3. The van der Waals surface area contributed by atoms with Gasteiger partial charge in [0.25, 0.3) is 0 Å². The van der Waals surface area contributed by atoms with Gasteiger partial charge in [-0.15, -0.1) is 0 Å². The van der Waals surface area contributed by atoms with Gasteiger partial charge in [0.05, 0.1) is 11.8 Å². The van der Waals surface area contributed by atoms with Crippen LogP contribution in [0.3, 0.4) is 0 Å². The molecule has 1 saturated carbocycles. The molecular formula is C11H16N2O3. The van der Waals surface area contributed by atoms with E-state index >= 15 is 0 Å². The molecule has 88 valence electrons. The highest BCUT2D eigenvalue weighted by molar-refractivity contribution is 5.94. The molecule has 2 aliphatic rings. The Labute approximate surface area is 93.9 Å². The van der Waals surface area contributed by atoms with E-state index in [-0.39, 0.29) is 23.7 Å². The number of aldehydes is 1. The molecule has 1 aliphatic carbocycles. The van der Waals surface area contributed by atoms with Gasteiger partial charge in [-0.05, 0) is 12.8 Å². The van der Waals surface area contributed by atoms with Crippen molar-refractivity contribution in [1.82, 2.24) is 10.9 Å². The summed E-state index contributed by atoms with van der Waals surface area (Å²) in [6.45, 7) is 0. The third-order valence-corrected chi connectivity index (χ3v) is 3.57. The van der Waals surface area contributed by atoms with E-state index in [2.05, 4.69) is 10.9 Å². The predicted octanol–water partition coefficient (Wildman–Crippen LogP) is 0.159. The summed E-state index contributed by atoms with van der Waals surface area (Å²) in [4.78, 5) is 34.4. The number of rotatable bonds is 1. The maximum atomic E-state index is 11.7. The van der Waals surface area contributed by atoms with Crippen molar-refractivity contribution in [3.63, 3.8) is 0 Å². The molecule has 3 unspecified atom stereocenters. The largest absolute Gasteiger partial charge is 0.303 e. The second-order valence-electron chi connectivity index (χ2n) is 4.55. The standard InChI is InChI=1S/C11H16N2O3/c14-6-7-4-2-1-3-5-8-9(7)11(16)13-12-10(8)15/h6-9H,1-5H2,(H,12,15)(H,13,16). The number of hydrogen-bond acceptors (Lipinski definition) is 3. The van der Waals surface area contributed by atoms with Gasteiger partial charge in [-0.2, -0.15) is 0 Å². The predicted molar refractivity (Wildman–Crippen MR) is 55.9 cm³/mol. The monoisotopic (exact) mass is 224 g/mol. The molecule has 5 heteroatoms. The van der Waals surface area contributed by atoms with Crippen molar-refractivity contribution in [2.45, 2.75) is 32.1 Å². The first-order valence-electron chi connectivity index (χ1n) is 5.79. The zero-order chi connectivity index (χ0) is 11.5. The van der Waals surface area contributed by atoms with Crippen LogP contribution in [0.2, 0.25) is 0 Å². The Hall–Kier alpha value is -1.39. The van der Waals surface area contributed by atoms with Gasteiger partial charge in [-0.1, -0.05) is 19.3 Å². The van der Waals surface area contributed by atoms with Crippen molar-refractivity contribution in [2.75, 3.05) is 0 Å². The average Bonchev–Trinajstić information content (AvgIpc) is 2.24. The first-order chi connectivity index (χ1) is 7.74. The molecule has 16 heavy (non-hydrogen) atoms. The lowest BCUT2D eigenvalue weighted by Gasteiger charge is -2.34. The van der Waals surface area contributed by atoms with Gasteiger partial charge in [0, 0.05) is 5.92 Å². The molecule has 0 aromatic carbocycles. The summed E-state index contributed by atoms with van der Waals surface area (Å²) in [6.07, 6.45) is 5.19. The molecule has 1 heterocycles. The molecule has 3 atom stereocenters. The molecule has 5 nitrogen and oxygen atoms in total. The SMILES string of the molecule is O=CC1CCCCCC2C(=O)NNC(=O)C12. The second kappa shape index (κ2) is 4.63. The Morgan fingerprint density at radius 2 is 1.69 bits per heavy atom. The van der Waals surface area contributed by atoms with Gasteiger partial charge in [0.2, 0.25) is 11.8 Å². The number of fused-ring (bicyclic) bond motifs is 1. The maximum Gasteiger partial charge on any atom is 0.243 e. The van der Waals surface area contributed by atoms with Gasteiger partial charge >= 0.3 is 0 Å². The van der Waals surface area contributed by atoms with Crippen LogP contribution in [-0.4, -0.2) is 18.1 Å². The van der Waals surface area contributed by atoms with E-state index < -0.39 is 5.92 Å². The van der Waals surface area contributed by atoms with Crippen molar-refractivity contribution >= 4 is 18.1 Å². The van der Waals surface area contributed by atoms with E-state index in [1.807, 2.05) is 0 Å².